The van der Waals surface area contributed by atoms with Gasteiger partial charge in [0, 0.05) is 9.78 Å². The number of ether oxygens (including phenoxy) is 2. The third-order valence-corrected chi connectivity index (χ3v) is 7.47. The zero-order chi connectivity index (χ0) is 22.8. The van der Waals surface area contributed by atoms with Gasteiger partial charge in [-0.3, -0.25) is 9.59 Å². The number of nitrogens with zero attached hydrogens (tertiary/aromatic N) is 1. The lowest BCUT2D eigenvalue weighted by Gasteiger charge is -2.53. The summed E-state index contributed by atoms with van der Waals surface area (Å²) in [4.78, 5) is 41.1. The van der Waals surface area contributed by atoms with Crippen LogP contribution in [0.5, 0.6) is 5.75 Å². The van der Waals surface area contributed by atoms with Gasteiger partial charge in [-0.15, -0.1) is 11.3 Å². The van der Waals surface area contributed by atoms with Crippen molar-refractivity contribution in [2.75, 3.05) is 7.11 Å². The fourth-order valence-electron chi connectivity index (χ4n) is 3.57. The van der Waals surface area contributed by atoms with E-state index in [-0.39, 0.29) is 24.8 Å². The number of thiophene rings is 1. The molecule has 0 aliphatic carbocycles. The lowest BCUT2D eigenvalue weighted by molar-refractivity contribution is -0.163. The molecule has 0 radical (unpaired) electrons. The maximum Gasteiger partial charge on any atom is 0.333 e. The number of methoxy groups -OCH3 is 1. The Labute approximate surface area is 194 Å². The number of rotatable bonds is 7. The van der Waals surface area contributed by atoms with E-state index in [4.69, 9.17) is 9.47 Å². The van der Waals surface area contributed by atoms with E-state index in [0.717, 1.165) is 10.4 Å². The van der Waals surface area contributed by atoms with Crippen LogP contribution < -0.4 is 10.1 Å². The number of hydrogen-bond acceptors (Lipinski definition) is 7. The van der Waals surface area contributed by atoms with Gasteiger partial charge in [-0.25, -0.2) is 4.79 Å². The van der Waals surface area contributed by atoms with Crippen molar-refractivity contribution in [1.82, 2.24) is 10.2 Å². The standard InChI is InChI=1S/C23H22N2O5S2/c1-13-14(2)32-22-19(24-18(26)11-17-5-4-10-31-17)21(27)25(22)20(13)23(28)30-12-15-6-8-16(29-3)9-7-15/h4-10,19-20,22H,1-2,11-12H2,3H3,(H,24,26)/t19-,20?,22-/m1/s1. The predicted molar refractivity (Wildman–Crippen MR) is 123 cm³/mol. The van der Waals surface area contributed by atoms with Crippen molar-refractivity contribution >= 4 is 40.9 Å². The van der Waals surface area contributed by atoms with Gasteiger partial charge in [0.15, 0.2) is 6.04 Å². The van der Waals surface area contributed by atoms with Gasteiger partial charge in [-0.05, 0) is 34.7 Å². The van der Waals surface area contributed by atoms with Gasteiger partial charge in [0.05, 0.1) is 13.5 Å². The summed E-state index contributed by atoms with van der Waals surface area (Å²) in [5.74, 6) is -0.439. The molecule has 2 aliphatic rings. The fourth-order valence-corrected chi connectivity index (χ4v) is 5.48. The van der Waals surface area contributed by atoms with Crippen LogP contribution in [0.1, 0.15) is 10.4 Å². The fraction of sp³-hybridized carbons (Fsp3) is 0.261. The van der Waals surface area contributed by atoms with Gasteiger partial charge in [-0.2, -0.15) is 0 Å². The molecule has 7 nitrogen and oxygen atoms in total. The number of benzene rings is 1. The monoisotopic (exact) mass is 470 g/mol. The average Bonchev–Trinajstić information content (AvgIpc) is 3.30. The molecule has 2 saturated heterocycles. The second kappa shape index (κ2) is 9.22. The van der Waals surface area contributed by atoms with Crippen LogP contribution >= 0.6 is 23.1 Å². The molecule has 9 heteroatoms. The van der Waals surface area contributed by atoms with Gasteiger partial charge in [-0.1, -0.05) is 43.1 Å². The van der Waals surface area contributed by atoms with Crippen LogP contribution in [0.3, 0.4) is 0 Å². The molecule has 166 valence electrons. The molecule has 2 aliphatic heterocycles. The van der Waals surface area contributed by atoms with Crippen LogP contribution in [-0.4, -0.2) is 47.3 Å². The number of β-lactam (4-membered cyclic amide) rings is 1. The van der Waals surface area contributed by atoms with Gasteiger partial charge in [0.25, 0.3) is 0 Å². The highest BCUT2D eigenvalue weighted by molar-refractivity contribution is 8.04. The van der Waals surface area contributed by atoms with Crippen molar-refractivity contribution in [2.24, 2.45) is 0 Å². The Kier molecular flexibility index (Phi) is 6.38. The van der Waals surface area contributed by atoms with Crippen LogP contribution in [-0.2, 0) is 32.1 Å². The number of carbonyl (C=O) groups excluding carboxylic acids is 3. The highest BCUT2D eigenvalue weighted by Gasteiger charge is 2.57. The normalized spacial score (nSPS) is 22.1. The summed E-state index contributed by atoms with van der Waals surface area (Å²) in [6.07, 6.45) is 0.208. The van der Waals surface area contributed by atoms with Gasteiger partial charge < -0.3 is 19.7 Å². The second-order valence-corrected chi connectivity index (χ2v) is 9.61. The zero-order valence-electron chi connectivity index (χ0n) is 17.4. The minimum Gasteiger partial charge on any atom is -0.497 e. The lowest BCUT2D eigenvalue weighted by Crippen LogP contribution is -2.74. The predicted octanol–water partition coefficient (Wildman–Crippen LogP) is 2.88. The Balaban J connectivity index is 1.40. The third-order valence-electron chi connectivity index (χ3n) is 5.30. The van der Waals surface area contributed by atoms with Crippen molar-refractivity contribution in [3.63, 3.8) is 0 Å². The number of amides is 2. The highest BCUT2D eigenvalue weighted by Crippen LogP contribution is 2.45. The zero-order valence-corrected chi connectivity index (χ0v) is 19.0. The first-order valence-corrected chi connectivity index (χ1v) is 11.6. The quantitative estimate of drug-likeness (QED) is 0.495. The number of esters is 1. The highest BCUT2D eigenvalue weighted by atomic mass is 32.2. The molecular weight excluding hydrogens is 448 g/mol. The second-order valence-electron chi connectivity index (χ2n) is 7.36. The summed E-state index contributed by atoms with van der Waals surface area (Å²) in [7, 11) is 1.58. The number of fused-ring (bicyclic) bond motifs is 1. The maximum absolute atomic E-state index is 12.9. The molecule has 2 aromatic rings. The summed E-state index contributed by atoms with van der Waals surface area (Å²) >= 11 is 2.81. The Morgan fingerprint density at radius 3 is 2.59 bits per heavy atom. The molecule has 0 saturated carbocycles. The number of nitrogens with one attached hydrogen (secondary N) is 1. The van der Waals surface area contributed by atoms with E-state index in [1.54, 1.807) is 31.4 Å². The number of carbonyl (C=O) groups is 3. The topological polar surface area (TPSA) is 84.9 Å². The molecule has 2 amide bonds. The van der Waals surface area contributed by atoms with E-state index in [2.05, 4.69) is 18.5 Å². The minimum absolute atomic E-state index is 0.0555. The smallest absolute Gasteiger partial charge is 0.333 e. The average molecular weight is 471 g/mol. The first kappa shape index (κ1) is 22.2. The first-order chi connectivity index (χ1) is 15.4. The number of thioether (sulfide) groups is 1. The minimum atomic E-state index is -0.954. The molecule has 32 heavy (non-hydrogen) atoms. The lowest BCUT2D eigenvalue weighted by atomic mass is 9.97. The summed E-state index contributed by atoms with van der Waals surface area (Å²) in [6, 6.07) is 9.23. The molecule has 1 aromatic carbocycles. The van der Waals surface area contributed by atoms with Gasteiger partial charge in [0.1, 0.15) is 23.8 Å². The van der Waals surface area contributed by atoms with Gasteiger partial charge >= 0.3 is 5.97 Å². The van der Waals surface area contributed by atoms with Crippen LogP contribution in [0.25, 0.3) is 0 Å². The van der Waals surface area contributed by atoms with Crippen molar-refractivity contribution in [3.8, 4) is 5.75 Å². The van der Waals surface area contributed by atoms with Crippen LogP contribution in [0.2, 0.25) is 0 Å². The largest absolute Gasteiger partial charge is 0.497 e. The molecule has 1 aromatic heterocycles. The van der Waals surface area contributed by atoms with E-state index in [9.17, 15) is 14.4 Å². The number of hydrogen-bond donors (Lipinski definition) is 1. The maximum atomic E-state index is 12.9. The first-order valence-electron chi connectivity index (χ1n) is 9.87. The molecule has 1 unspecified atom stereocenters. The molecule has 0 spiro atoms. The van der Waals surface area contributed by atoms with E-state index in [1.807, 2.05) is 17.5 Å². The summed E-state index contributed by atoms with van der Waals surface area (Å²) in [5.41, 5.74) is 1.22. The molecule has 4 rings (SSSR count). The van der Waals surface area contributed by atoms with E-state index in [1.165, 1.54) is 28.0 Å². The van der Waals surface area contributed by atoms with E-state index in [0.29, 0.717) is 16.2 Å². The van der Waals surface area contributed by atoms with Crippen molar-refractivity contribution < 1.29 is 23.9 Å². The Hall–Kier alpha value is -3.04. The summed E-state index contributed by atoms with van der Waals surface area (Å²) < 4.78 is 10.6. The summed E-state index contributed by atoms with van der Waals surface area (Å²) in [6.45, 7) is 7.98. The van der Waals surface area contributed by atoms with Crippen LogP contribution in [0, 0.1) is 0 Å². The Morgan fingerprint density at radius 1 is 1.19 bits per heavy atom. The molecule has 2 fully saturated rings. The molecule has 0 bridgehead atoms. The SMILES string of the molecule is C=C1S[C@@H]2[C@H](NC(=O)Cc3cccs3)C(=O)N2C(C(=O)OCc2ccc(OC)cc2)C1=C. The van der Waals surface area contributed by atoms with Crippen LogP contribution in [0.4, 0.5) is 0 Å². The molecular formula is C23H22N2O5S2. The van der Waals surface area contributed by atoms with Crippen LogP contribution in [0.15, 0.2) is 65.4 Å². The molecule has 3 atom stereocenters. The third kappa shape index (κ3) is 4.31. The van der Waals surface area contributed by atoms with Gasteiger partial charge in [0.2, 0.25) is 11.8 Å². The Bertz CT molecular complexity index is 1060. The van der Waals surface area contributed by atoms with E-state index >= 15 is 0 Å². The van der Waals surface area contributed by atoms with Crippen molar-refractivity contribution in [3.05, 3.63) is 75.9 Å². The van der Waals surface area contributed by atoms with Crippen molar-refractivity contribution in [1.29, 1.82) is 0 Å². The Morgan fingerprint density at radius 2 is 1.94 bits per heavy atom. The molecule has 1 N–H and O–H groups in total. The van der Waals surface area contributed by atoms with Crippen molar-refractivity contribution in [2.45, 2.75) is 30.5 Å². The summed E-state index contributed by atoms with van der Waals surface area (Å²) in [5, 5.41) is 4.26. The van der Waals surface area contributed by atoms with E-state index < -0.39 is 23.4 Å². The molecule has 3 heterocycles.